The van der Waals surface area contributed by atoms with Crippen LogP contribution in [0.3, 0.4) is 0 Å². The highest BCUT2D eigenvalue weighted by atomic mass is 19.1. The van der Waals surface area contributed by atoms with Gasteiger partial charge >= 0.3 is 0 Å². The lowest BCUT2D eigenvalue weighted by atomic mass is 9.95. The van der Waals surface area contributed by atoms with Gasteiger partial charge in [0.05, 0.1) is 0 Å². The third kappa shape index (κ3) is 3.16. The molecule has 0 aliphatic heterocycles. The topological polar surface area (TPSA) is 12.0 Å². The lowest BCUT2D eigenvalue weighted by Gasteiger charge is -2.12. The third-order valence-corrected chi connectivity index (χ3v) is 4.36. The first-order valence-electron chi connectivity index (χ1n) is 7.64. The zero-order valence-corrected chi connectivity index (χ0v) is 13.0. The number of nitrogens with one attached hydrogen (secondary N) is 1. The predicted octanol–water partition coefficient (Wildman–Crippen LogP) is 4.67. The molecule has 0 aromatic heterocycles. The molecule has 2 aromatic rings. The summed E-state index contributed by atoms with van der Waals surface area (Å²) in [6, 6.07) is 10.5. The Balaban J connectivity index is 1.88. The van der Waals surface area contributed by atoms with Crippen LogP contribution in [0.25, 0.3) is 11.1 Å². The van der Waals surface area contributed by atoms with Crippen LogP contribution in [0.15, 0.2) is 30.3 Å². The maximum Gasteiger partial charge on any atom is 0.128 e. The van der Waals surface area contributed by atoms with Crippen LogP contribution in [0, 0.1) is 26.6 Å². The molecule has 2 aromatic carbocycles. The highest BCUT2D eigenvalue weighted by Gasteiger charge is 2.20. The van der Waals surface area contributed by atoms with Gasteiger partial charge in [-0.1, -0.05) is 24.3 Å². The Bertz CT molecular complexity index is 672. The van der Waals surface area contributed by atoms with Crippen molar-refractivity contribution in [2.24, 2.45) is 0 Å². The Kier molecular flexibility index (Phi) is 3.81. The number of rotatable bonds is 4. The van der Waals surface area contributed by atoms with Gasteiger partial charge in [0, 0.05) is 18.2 Å². The van der Waals surface area contributed by atoms with Gasteiger partial charge in [-0.15, -0.1) is 0 Å². The molecule has 0 heterocycles. The summed E-state index contributed by atoms with van der Waals surface area (Å²) in [5.41, 5.74) is 6.56. The van der Waals surface area contributed by atoms with Crippen LogP contribution in [0.2, 0.25) is 0 Å². The van der Waals surface area contributed by atoms with Gasteiger partial charge in [0.25, 0.3) is 0 Å². The summed E-state index contributed by atoms with van der Waals surface area (Å²) < 4.78 is 14.3. The fourth-order valence-electron chi connectivity index (χ4n) is 2.67. The van der Waals surface area contributed by atoms with Crippen LogP contribution in [-0.4, -0.2) is 6.04 Å². The average Bonchev–Trinajstić information content (AvgIpc) is 3.25. The van der Waals surface area contributed by atoms with E-state index in [-0.39, 0.29) is 5.82 Å². The van der Waals surface area contributed by atoms with E-state index >= 15 is 0 Å². The monoisotopic (exact) mass is 283 g/mol. The normalized spacial score (nSPS) is 14.5. The highest BCUT2D eigenvalue weighted by Crippen LogP contribution is 2.28. The van der Waals surface area contributed by atoms with Gasteiger partial charge in [-0.05, 0) is 67.5 Å². The Morgan fingerprint density at radius 2 is 1.71 bits per heavy atom. The minimum atomic E-state index is -0.113. The van der Waals surface area contributed by atoms with Gasteiger partial charge in [-0.2, -0.15) is 0 Å². The summed E-state index contributed by atoms with van der Waals surface area (Å²) in [7, 11) is 0. The molecule has 1 saturated carbocycles. The largest absolute Gasteiger partial charge is 0.310 e. The van der Waals surface area contributed by atoms with E-state index in [1.807, 2.05) is 12.1 Å². The minimum Gasteiger partial charge on any atom is -0.310 e. The van der Waals surface area contributed by atoms with E-state index in [9.17, 15) is 4.39 Å². The Morgan fingerprint density at radius 3 is 2.38 bits per heavy atom. The van der Waals surface area contributed by atoms with Crippen LogP contribution in [0.4, 0.5) is 4.39 Å². The molecule has 2 heteroatoms. The second kappa shape index (κ2) is 5.61. The van der Waals surface area contributed by atoms with Crippen molar-refractivity contribution in [1.29, 1.82) is 0 Å². The molecule has 0 spiro atoms. The Morgan fingerprint density at radius 1 is 1.00 bits per heavy atom. The van der Waals surface area contributed by atoms with Crippen molar-refractivity contribution in [3.05, 3.63) is 58.4 Å². The summed E-state index contributed by atoms with van der Waals surface area (Å²) in [5, 5.41) is 3.36. The van der Waals surface area contributed by atoms with Gasteiger partial charge in [0.15, 0.2) is 0 Å². The maximum atomic E-state index is 14.3. The summed E-state index contributed by atoms with van der Waals surface area (Å²) in [6.07, 6.45) is 2.45. The lowest BCUT2D eigenvalue weighted by Crippen LogP contribution is -2.16. The maximum absolute atomic E-state index is 14.3. The second-order valence-corrected chi connectivity index (χ2v) is 6.21. The quantitative estimate of drug-likeness (QED) is 0.859. The van der Waals surface area contributed by atoms with Gasteiger partial charge in [0.1, 0.15) is 5.82 Å². The number of benzene rings is 2. The van der Waals surface area contributed by atoms with Crippen molar-refractivity contribution in [3.63, 3.8) is 0 Å². The molecule has 0 bridgehead atoms. The first kappa shape index (κ1) is 14.3. The van der Waals surface area contributed by atoms with E-state index in [1.165, 1.54) is 29.5 Å². The molecule has 3 rings (SSSR count). The minimum absolute atomic E-state index is 0.113. The van der Waals surface area contributed by atoms with Crippen LogP contribution < -0.4 is 5.32 Å². The van der Waals surface area contributed by atoms with E-state index in [1.54, 1.807) is 6.07 Å². The molecule has 1 nitrogen and oxygen atoms in total. The number of hydrogen-bond acceptors (Lipinski definition) is 1. The van der Waals surface area contributed by atoms with E-state index in [2.05, 4.69) is 38.2 Å². The summed E-state index contributed by atoms with van der Waals surface area (Å²) >= 11 is 0. The molecule has 0 atom stereocenters. The molecule has 110 valence electrons. The van der Waals surface area contributed by atoms with Crippen LogP contribution in [0.5, 0.6) is 0 Å². The molecule has 0 amide bonds. The van der Waals surface area contributed by atoms with Crippen molar-refractivity contribution < 1.29 is 4.39 Å². The first-order valence-corrected chi connectivity index (χ1v) is 7.64. The van der Waals surface area contributed by atoms with Crippen molar-refractivity contribution in [2.45, 2.75) is 46.2 Å². The lowest BCUT2D eigenvalue weighted by molar-refractivity contribution is 0.587. The third-order valence-electron chi connectivity index (χ3n) is 4.36. The Hall–Kier alpha value is -1.67. The fraction of sp³-hybridized carbons (Fsp3) is 0.368. The molecule has 1 aliphatic carbocycles. The smallest absolute Gasteiger partial charge is 0.128 e. The van der Waals surface area contributed by atoms with Gasteiger partial charge < -0.3 is 5.32 Å². The Labute approximate surface area is 126 Å². The van der Waals surface area contributed by atoms with E-state index < -0.39 is 0 Å². The molecule has 0 saturated heterocycles. The van der Waals surface area contributed by atoms with E-state index in [0.717, 1.165) is 16.7 Å². The zero-order valence-electron chi connectivity index (χ0n) is 13.0. The molecular weight excluding hydrogens is 261 g/mol. The van der Waals surface area contributed by atoms with Gasteiger partial charge in [0.2, 0.25) is 0 Å². The summed E-state index contributed by atoms with van der Waals surface area (Å²) in [6.45, 7) is 6.92. The number of hydrogen-bond donors (Lipinski definition) is 1. The standard InChI is InChI=1S/C19H22FN/c1-12-8-14(3)18(9-13(12)2)15-4-5-16(19(20)10-15)11-21-17-6-7-17/h4-5,8-10,17,21H,6-7,11H2,1-3H3. The summed E-state index contributed by atoms with van der Waals surface area (Å²) in [4.78, 5) is 0. The number of halogens is 1. The van der Waals surface area contributed by atoms with E-state index in [0.29, 0.717) is 12.6 Å². The molecule has 1 fully saturated rings. The number of aryl methyl sites for hydroxylation is 3. The fourth-order valence-corrected chi connectivity index (χ4v) is 2.67. The highest BCUT2D eigenvalue weighted by molar-refractivity contribution is 5.69. The van der Waals surface area contributed by atoms with Crippen molar-refractivity contribution in [3.8, 4) is 11.1 Å². The zero-order chi connectivity index (χ0) is 15.0. The van der Waals surface area contributed by atoms with Crippen LogP contribution in [0.1, 0.15) is 35.1 Å². The molecule has 21 heavy (non-hydrogen) atoms. The second-order valence-electron chi connectivity index (χ2n) is 6.21. The van der Waals surface area contributed by atoms with Gasteiger partial charge in [-0.3, -0.25) is 0 Å². The molecule has 1 N–H and O–H groups in total. The predicted molar refractivity (Wildman–Crippen MR) is 85.9 cm³/mol. The SMILES string of the molecule is Cc1cc(C)c(-c2ccc(CNC3CC3)c(F)c2)cc1C. The van der Waals surface area contributed by atoms with Crippen LogP contribution >= 0.6 is 0 Å². The van der Waals surface area contributed by atoms with E-state index in [4.69, 9.17) is 0 Å². The van der Waals surface area contributed by atoms with Crippen molar-refractivity contribution in [2.75, 3.05) is 0 Å². The van der Waals surface area contributed by atoms with Crippen LogP contribution in [-0.2, 0) is 6.54 Å². The van der Waals surface area contributed by atoms with Crippen molar-refractivity contribution in [1.82, 2.24) is 5.32 Å². The molecule has 1 aliphatic rings. The summed E-state index contributed by atoms with van der Waals surface area (Å²) in [5.74, 6) is -0.113. The van der Waals surface area contributed by atoms with Crippen molar-refractivity contribution >= 4 is 0 Å². The molecular formula is C19H22FN. The first-order chi connectivity index (χ1) is 10.0. The molecule has 0 radical (unpaired) electrons. The average molecular weight is 283 g/mol. The van der Waals surface area contributed by atoms with Gasteiger partial charge in [-0.25, -0.2) is 4.39 Å². The molecule has 0 unspecified atom stereocenters.